The Balaban J connectivity index is 2.55. The van der Waals surface area contributed by atoms with Crippen LogP contribution in [0.2, 0.25) is 5.02 Å². The van der Waals surface area contributed by atoms with Gasteiger partial charge < -0.3 is 5.73 Å². The second kappa shape index (κ2) is 5.32. The van der Waals surface area contributed by atoms with Crippen LogP contribution in [-0.2, 0) is 0 Å². The quantitative estimate of drug-likeness (QED) is 0.478. The summed E-state index contributed by atoms with van der Waals surface area (Å²) in [6.07, 6.45) is 1.02. The average molecular weight is 228 g/mol. The molecule has 0 aliphatic carbocycles. The van der Waals surface area contributed by atoms with Gasteiger partial charge in [-0.1, -0.05) is 17.2 Å². The van der Waals surface area contributed by atoms with Gasteiger partial charge >= 0.3 is 0 Å². The highest BCUT2D eigenvalue weighted by Crippen LogP contribution is 2.29. The molecule has 0 heterocycles. The fourth-order valence-electron chi connectivity index (χ4n) is 0.969. The van der Waals surface area contributed by atoms with E-state index >= 15 is 0 Å². The molecule has 0 aliphatic heterocycles. The van der Waals surface area contributed by atoms with Crippen LogP contribution in [0.3, 0.4) is 0 Å². The number of allylic oxidation sites excluding steroid dienone is 1. The van der Waals surface area contributed by atoms with E-state index in [1.807, 2.05) is 19.1 Å². The lowest BCUT2D eigenvalue weighted by molar-refractivity contribution is 1.12. The Morgan fingerprint density at radius 3 is 2.86 bits per heavy atom. The van der Waals surface area contributed by atoms with Gasteiger partial charge in [0.2, 0.25) is 0 Å². The molecule has 1 aromatic carbocycles. The summed E-state index contributed by atoms with van der Waals surface area (Å²) in [6, 6.07) is 5.61. The first kappa shape index (κ1) is 11.5. The molecule has 0 radical (unpaired) electrons. The second-order valence-electron chi connectivity index (χ2n) is 3.25. The Hall–Kier alpha value is -0.600. The van der Waals surface area contributed by atoms with Crippen LogP contribution >= 0.6 is 23.4 Å². The molecule has 76 valence electrons. The fraction of sp³-hybridized carbons (Fsp3) is 0.273. The number of nitrogens with two attached hydrogens (primary N) is 1. The first-order valence-electron chi connectivity index (χ1n) is 4.42. The van der Waals surface area contributed by atoms with E-state index in [9.17, 15) is 0 Å². The summed E-state index contributed by atoms with van der Waals surface area (Å²) in [6.45, 7) is 5.89. The number of rotatable bonds is 4. The molecule has 0 amide bonds. The fourth-order valence-corrected chi connectivity index (χ4v) is 2.35. The monoisotopic (exact) mass is 227 g/mol. The molecule has 14 heavy (non-hydrogen) atoms. The van der Waals surface area contributed by atoms with Crippen LogP contribution in [-0.4, -0.2) is 5.75 Å². The van der Waals surface area contributed by atoms with Crippen molar-refractivity contribution in [3.63, 3.8) is 0 Å². The van der Waals surface area contributed by atoms with Gasteiger partial charge in [-0.2, -0.15) is 0 Å². The van der Waals surface area contributed by atoms with Crippen molar-refractivity contribution in [2.45, 2.75) is 18.2 Å². The van der Waals surface area contributed by atoms with Crippen molar-refractivity contribution in [2.24, 2.45) is 0 Å². The van der Waals surface area contributed by atoms with Crippen LogP contribution in [0.15, 0.2) is 35.2 Å². The second-order valence-corrected chi connectivity index (χ2v) is 4.79. The largest absolute Gasteiger partial charge is 0.399 e. The van der Waals surface area contributed by atoms with Gasteiger partial charge in [0.1, 0.15) is 0 Å². The third-order valence-corrected chi connectivity index (χ3v) is 3.24. The van der Waals surface area contributed by atoms with Crippen LogP contribution in [0.4, 0.5) is 5.69 Å². The normalized spacial score (nSPS) is 10.1. The maximum Gasteiger partial charge on any atom is 0.0562 e. The van der Waals surface area contributed by atoms with Gasteiger partial charge in [0.25, 0.3) is 0 Å². The van der Waals surface area contributed by atoms with Crippen LogP contribution in [0.1, 0.15) is 13.3 Å². The molecule has 2 N–H and O–H groups in total. The first-order valence-corrected chi connectivity index (χ1v) is 5.78. The highest BCUT2D eigenvalue weighted by Gasteiger charge is 2.00. The zero-order valence-electron chi connectivity index (χ0n) is 8.22. The first-order chi connectivity index (χ1) is 6.59. The van der Waals surface area contributed by atoms with Gasteiger partial charge in [-0.05, 0) is 31.5 Å². The van der Waals surface area contributed by atoms with Gasteiger partial charge in [-0.15, -0.1) is 18.3 Å². The van der Waals surface area contributed by atoms with Crippen molar-refractivity contribution >= 4 is 29.1 Å². The lowest BCUT2D eigenvalue weighted by Crippen LogP contribution is -1.86. The standard InChI is InChI=1S/C11H14ClNS/c1-8(2)5-6-14-11-4-3-9(13)7-10(11)12/h3-4,7H,1,5-6,13H2,2H3. The molecular weight excluding hydrogens is 214 g/mol. The number of hydrogen-bond acceptors (Lipinski definition) is 2. The molecule has 0 aliphatic rings. The van der Waals surface area contributed by atoms with Crippen LogP contribution < -0.4 is 5.73 Å². The molecule has 0 fully saturated rings. The number of thioether (sulfide) groups is 1. The average Bonchev–Trinajstić information content (AvgIpc) is 2.08. The summed E-state index contributed by atoms with van der Waals surface area (Å²) in [5.41, 5.74) is 7.50. The predicted octanol–water partition coefficient (Wildman–Crippen LogP) is 3.98. The minimum atomic E-state index is 0.708. The Morgan fingerprint density at radius 2 is 2.29 bits per heavy atom. The lowest BCUT2D eigenvalue weighted by Gasteiger charge is -2.04. The number of halogens is 1. The molecule has 0 bridgehead atoms. The Bertz CT molecular complexity index is 336. The number of nitrogen functional groups attached to an aromatic ring is 1. The molecule has 1 rings (SSSR count). The summed E-state index contributed by atoms with van der Waals surface area (Å²) in [5.74, 6) is 1.01. The van der Waals surface area contributed by atoms with E-state index in [-0.39, 0.29) is 0 Å². The Kier molecular flexibility index (Phi) is 4.36. The molecule has 3 heteroatoms. The Labute approximate surface area is 94.3 Å². The van der Waals surface area contributed by atoms with E-state index in [1.165, 1.54) is 5.57 Å². The van der Waals surface area contributed by atoms with Crippen molar-refractivity contribution in [1.29, 1.82) is 0 Å². The highest BCUT2D eigenvalue weighted by molar-refractivity contribution is 7.99. The summed E-state index contributed by atoms with van der Waals surface area (Å²) < 4.78 is 0. The van der Waals surface area contributed by atoms with Crippen molar-refractivity contribution in [2.75, 3.05) is 11.5 Å². The maximum atomic E-state index is 6.02. The summed E-state index contributed by atoms with van der Waals surface area (Å²) in [4.78, 5) is 1.09. The van der Waals surface area contributed by atoms with E-state index in [2.05, 4.69) is 6.58 Å². The third kappa shape index (κ3) is 3.64. The lowest BCUT2D eigenvalue weighted by atomic mass is 10.3. The number of benzene rings is 1. The van der Waals surface area contributed by atoms with E-state index in [1.54, 1.807) is 17.8 Å². The molecule has 0 saturated carbocycles. The van der Waals surface area contributed by atoms with Crippen molar-refractivity contribution < 1.29 is 0 Å². The topological polar surface area (TPSA) is 26.0 Å². The number of anilines is 1. The molecule has 1 aromatic rings. The Morgan fingerprint density at radius 1 is 1.57 bits per heavy atom. The van der Waals surface area contributed by atoms with E-state index in [4.69, 9.17) is 17.3 Å². The van der Waals surface area contributed by atoms with Gasteiger partial charge in [0.05, 0.1) is 5.02 Å². The van der Waals surface area contributed by atoms with Crippen LogP contribution in [0.25, 0.3) is 0 Å². The zero-order chi connectivity index (χ0) is 10.6. The van der Waals surface area contributed by atoms with Gasteiger partial charge in [0.15, 0.2) is 0 Å². The molecular formula is C11H14ClNS. The zero-order valence-corrected chi connectivity index (χ0v) is 9.79. The van der Waals surface area contributed by atoms with E-state index in [0.717, 1.165) is 22.1 Å². The molecule has 1 nitrogen and oxygen atoms in total. The molecule has 0 spiro atoms. The van der Waals surface area contributed by atoms with Gasteiger partial charge in [0, 0.05) is 16.3 Å². The van der Waals surface area contributed by atoms with Crippen molar-refractivity contribution in [3.8, 4) is 0 Å². The summed E-state index contributed by atoms with van der Waals surface area (Å²) in [5, 5.41) is 0.733. The summed E-state index contributed by atoms with van der Waals surface area (Å²) >= 11 is 7.76. The molecule has 0 unspecified atom stereocenters. The van der Waals surface area contributed by atoms with E-state index < -0.39 is 0 Å². The van der Waals surface area contributed by atoms with Crippen LogP contribution in [0, 0.1) is 0 Å². The van der Waals surface area contributed by atoms with E-state index in [0.29, 0.717) is 5.69 Å². The van der Waals surface area contributed by atoms with Crippen molar-refractivity contribution in [3.05, 3.63) is 35.4 Å². The SMILES string of the molecule is C=C(C)CCSc1ccc(N)cc1Cl. The molecule has 0 aromatic heterocycles. The maximum absolute atomic E-state index is 6.02. The van der Waals surface area contributed by atoms with Crippen molar-refractivity contribution in [1.82, 2.24) is 0 Å². The van der Waals surface area contributed by atoms with Gasteiger partial charge in [-0.3, -0.25) is 0 Å². The number of hydrogen-bond donors (Lipinski definition) is 1. The minimum absolute atomic E-state index is 0.708. The third-order valence-electron chi connectivity index (χ3n) is 1.74. The predicted molar refractivity (Wildman–Crippen MR) is 66.0 cm³/mol. The smallest absolute Gasteiger partial charge is 0.0562 e. The molecule has 0 saturated heterocycles. The minimum Gasteiger partial charge on any atom is -0.399 e. The molecule has 0 atom stereocenters. The van der Waals surface area contributed by atoms with Crippen LogP contribution in [0.5, 0.6) is 0 Å². The summed E-state index contributed by atoms with van der Waals surface area (Å²) in [7, 11) is 0. The highest BCUT2D eigenvalue weighted by atomic mass is 35.5. The van der Waals surface area contributed by atoms with Gasteiger partial charge in [-0.25, -0.2) is 0 Å².